The smallest absolute Gasteiger partial charge is 0.434 e. The Morgan fingerprint density at radius 1 is 1.09 bits per heavy atom. The molecule has 0 spiro atoms. The van der Waals surface area contributed by atoms with Crippen LogP contribution in [0.3, 0.4) is 0 Å². The number of ether oxygens (including phenoxy) is 1. The van der Waals surface area contributed by atoms with Crippen molar-refractivity contribution < 1.29 is 26.3 Å². The molecule has 0 N–H and O–H groups in total. The Morgan fingerprint density at radius 2 is 1.79 bits per heavy atom. The van der Waals surface area contributed by atoms with Crippen molar-refractivity contribution in [2.45, 2.75) is 50.4 Å². The minimum absolute atomic E-state index is 0.0265. The number of thiazole rings is 1. The number of hydrogen-bond donors (Lipinski definition) is 0. The van der Waals surface area contributed by atoms with Gasteiger partial charge in [0.15, 0.2) is 5.69 Å². The topological polar surface area (TPSA) is 88.5 Å². The molecular formula is C20H26F3N5O3S2. The van der Waals surface area contributed by atoms with E-state index in [-0.39, 0.29) is 12.0 Å². The van der Waals surface area contributed by atoms with E-state index < -0.39 is 21.9 Å². The van der Waals surface area contributed by atoms with Crippen LogP contribution in [0.4, 0.5) is 13.2 Å². The standard InChI is InChI=1S/C20H26F3N5O3S2/c1-33(29,30)28-8-2-14(3-9-28)16-10-25-18(11-24-16)31-15-4-6-27(7-5-15)12-19-26-17(13-32-19)20(21,22)23/h10-11,13-15H,2-9,12H2,1H3. The number of hydrogen-bond acceptors (Lipinski definition) is 8. The van der Waals surface area contributed by atoms with Crippen LogP contribution in [0.1, 0.15) is 48.0 Å². The molecule has 33 heavy (non-hydrogen) atoms. The lowest BCUT2D eigenvalue weighted by molar-refractivity contribution is -0.140. The van der Waals surface area contributed by atoms with E-state index in [1.165, 1.54) is 10.6 Å². The molecule has 0 saturated carbocycles. The first-order valence-corrected chi connectivity index (χ1v) is 13.5. The second kappa shape index (κ2) is 9.80. The molecule has 13 heteroatoms. The number of aromatic nitrogens is 3. The maximum atomic E-state index is 12.7. The Bertz CT molecular complexity index is 1030. The lowest BCUT2D eigenvalue weighted by Crippen LogP contribution is -2.38. The Balaban J connectivity index is 1.23. The summed E-state index contributed by atoms with van der Waals surface area (Å²) in [7, 11) is -3.16. The molecule has 2 fully saturated rings. The zero-order valence-electron chi connectivity index (χ0n) is 18.2. The van der Waals surface area contributed by atoms with Gasteiger partial charge in [-0.3, -0.25) is 9.88 Å². The van der Waals surface area contributed by atoms with Crippen molar-refractivity contribution >= 4 is 21.4 Å². The summed E-state index contributed by atoms with van der Waals surface area (Å²) < 4.78 is 68.9. The van der Waals surface area contributed by atoms with Crippen molar-refractivity contribution in [3.05, 3.63) is 34.2 Å². The fourth-order valence-corrected chi connectivity index (χ4v) is 5.86. The van der Waals surface area contributed by atoms with Crippen molar-refractivity contribution in [3.8, 4) is 5.88 Å². The molecule has 0 unspecified atom stereocenters. The van der Waals surface area contributed by atoms with Gasteiger partial charge in [-0.25, -0.2) is 22.7 Å². The fourth-order valence-electron chi connectivity index (χ4n) is 4.14. The van der Waals surface area contributed by atoms with Crippen LogP contribution in [0.25, 0.3) is 0 Å². The molecule has 0 aliphatic carbocycles. The van der Waals surface area contributed by atoms with Crippen molar-refractivity contribution in [1.29, 1.82) is 0 Å². The minimum atomic E-state index is -4.40. The number of piperidine rings is 2. The molecule has 0 amide bonds. The second-order valence-electron chi connectivity index (χ2n) is 8.43. The van der Waals surface area contributed by atoms with Crippen LogP contribution in [-0.2, 0) is 22.7 Å². The van der Waals surface area contributed by atoms with E-state index in [1.807, 2.05) is 0 Å². The van der Waals surface area contributed by atoms with E-state index in [0.29, 0.717) is 56.5 Å². The van der Waals surface area contributed by atoms with Gasteiger partial charge in [0.2, 0.25) is 15.9 Å². The van der Waals surface area contributed by atoms with Gasteiger partial charge in [-0.05, 0) is 25.7 Å². The predicted octanol–water partition coefficient (Wildman–Crippen LogP) is 3.13. The average molecular weight is 506 g/mol. The molecule has 0 atom stereocenters. The van der Waals surface area contributed by atoms with Crippen LogP contribution in [0, 0.1) is 0 Å². The molecule has 0 bridgehead atoms. The molecule has 4 heterocycles. The molecule has 8 nitrogen and oxygen atoms in total. The van der Waals surface area contributed by atoms with Crippen LogP contribution in [0.5, 0.6) is 5.88 Å². The Kier molecular flexibility index (Phi) is 7.22. The summed E-state index contributed by atoms with van der Waals surface area (Å²) in [5, 5.41) is 1.52. The third kappa shape index (κ3) is 6.40. The third-order valence-corrected chi connectivity index (χ3v) is 8.15. The van der Waals surface area contributed by atoms with Crippen LogP contribution in [-0.4, -0.2) is 71.1 Å². The quantitative estimate of drug-likeness (QED) is 0.596. The van der Waals surface area contributed by atoms with Crippen LogP contribution < -0.4 is 4.74 Å². The largest absolute Gasteiger partial charge is 0.473 e. The summed E-state index contributed by atoms with van der Waals surface area (Å²) in [5.41, 5.74) is 0.00989. The van der Waals surface area contributed by atoms with E-state index in [4.69, 9.17) is 4.74 Å². The first-order valence-electron chi connectivity index (χ1n) is 10.8. The molecule has 182 valence electrons. The summed E-state index contributed by atoms with van der Waals surface area (Å²) >= 11 is 1.03. The number of rotatable bonds is 6. The maximum absolute atomic E-state index is 12.7. The summed E-state index contributed by atoms with van der Waals surface area (Å²) in [6, 6.07) is 0. The van der Waals surface area contributed by atoms with E-state index in [0.717, 1.165) is 35.3 Å². The van der Waals surface area contributed by atoms with Crippen molar-refractivity contribution in [2.75, 3.05) is 32.4 Å². The van der Waals surface area contributed by atoms with Gasteiger partial charge in [-0.15, -0.1) is 11.3 Å². The number of nitrogens with zero attached hydrogens (tertiary/aromatic N) is 5. The molecule has 2 aromatic rings. The van der Waals surface area contributed by atoms with Gasteiger partial charge < -0.3 is 4.74 Å². The highest BCUT2D eigenvalue weighted by Crippen LogP contribution is 2.31. The Morgan fingerprint density at radius 3 is 2.33 bits per heavy atom. The van der Waals surface area contributed by atoms with Crippen molar-refractivity contribution in [3.63, 3.8) is 0 Å². The SMILES string of the molecule is CS(=O)(=O)N1CCC(c2cnc(OC3CCN(Cc4nc(C(F)(F)F)cs4)CC3)cn2)CC1. The van der Waals surface area contributed by atoms with E-state index >= 15 is 0 Å². The van der Waals surface area contributed by atoms with Crippen LogP contribution in [0.2, 0.25) is 0 Å². The summed E-state index contributed by atoms with van der Waals surface area (Å²) in [4.78, 5) is 14.6. The molecule has 0 aromatic carbocycles. The lowest BCUT2D eigenvalue weighted by atomic mass is 9.95. The minimum Gasteiger partial charge on any atom is -0.473 e. The highest BCUT2D eigenvalue weighted by molar-refractivity contribution is 7.88. The highest BCUT2D eigenvalue weighted by Gasteiger charge is 2.34. The van der Waals surface area contributed by atoms with Gasteiger partial charge in [0.25, 0.3) is 0 Å². The lowest BCUT2D eigenvalue weighted by Gasteiger charge is -2.31. The van der Waals surface area contributed by atoms with Crippen LogP contribution in [0.15, 0.2) is 17.8 Å². The monoisotopic (exact) mass is 505 g/mol. The Labute approximate surface area is 194 Å². The van der Waals surface area contributed by atoms with E-state index in [1.54, 1.807) is 12.4 Å². The van der Waals surface area contributed by atoms with Gasteiger partial charge in [-0.1, -0.05) is 0 Å². The molecule has 0 radical (unpaired) electrons. The zero-order chi connectivity index (χ0) is 23.6. The molecule has 2 aliphatic rings. The highest BCUT2D eigenvalue weighted by atomic mass is 32.2. The summed E-state index contributed by atoms with van der Waals surface area (Å²) in [6.07, 6.45) is 3.02. The molecular weight excluding hydrogens is 479 g/mol. The summed E-state index contributed by atoms with van der Waals surface area (Å²) in [6.45, 7) is 2.78. The molecule has 2 saturated heterocycles. The number of halogens is 3. The third-order valence-electron chi connectivity index (χ3n) is 6.01. The number of sulfonamides is 1. The van der Waals surface area contributed by atoms with Crippen molar-refractivity contribution in [2.24, 2.45) is 0 Å². The fraction of sp³-hybridized carbons (Fsp3) is 0.650. The van der Waals surface area contributed by atoms with Crippen LogP contribution >= 0.6 is 11.3 Å². The van der Waals surface area contributed by atoms with E-state index in [9.17, 15) is 21.6 Å². The second-order valence-corrected chi connectivity index (χ2v) is 11.4. The summed E-state index contributed by atoms with van der Waals surface area (Å²) in [5.74, 6) is 0.622. The molecule has 4 rings (SSSR count). The van der Waals surface area contributed by atoms with Gasteiger partial charge >= 0.3 is 6.18 Å². The average Bonchev–Trinajstić information content (AvgIpc) is 3.24. The maximum Gasteiger partial charge on any atom is 0.434 e. The normalized spacial score (nSPS) is 20.2. The first kappa shape index (κ1) is 24.3. The van der Waals surface area contributed by atoms with Gasteiger partial charge in [0.1, 0.15) is 11.1 Å². The van der Waals surface area contributed by atoms with Gasteiger partial charge in [-0.2, -0.15) is 13.2 Å². The predicted molar refractivity (Wildman–Crippen MR) is 116 cm³/mol. The Hall–Kier alpha value is -1.83. The number of likely N-dealkylation sites (tertiary alicyclic amines) is 1. The van der Waals surface area contributed by atoms with E-state index in [2.05, 4.69) is 19.9 Å². The van der Waals surface area contributed by atoms with Gasteiger partial charge in [0, 0.05) is 37.5 Å². The van der Waals surface area contributed by atoms with Gasteiger partial charge in [0.05, 0.1) is 30.9 Å². The van der Waals surface area contributed by atoms with Crippen molar-refractivity contribution in [1.82, 2.24) is 24.2 Å². The zero-order valence-corrected chi connectivity index (χ0v) is 19.8. The first-order chi connectivity index (χ1) is 15.6. The molecule has 2 aromatic heterocycles. The molecule has 2 aliphatic heterocycles. The number of alkyl halides is 3.